The number of amidine groups is 1. The molecule has 1 saturated carbocycles. The maximum atomic E-state index is 14.2. The molecule has 1 saturated heterocycles. The van der Waals surface area contributed by atoms with Crippen LogP contribution in [0.4, 0.5) is 28.9 Å². The Hall–Kier alpha value is -1.48. The Morgan fingerprint density at radius 3 is 2.64 bits per heavy atom. The van der Waals surface area contributed by atoms with E-state index in [1.54, 1.807) is 0 Å². The molecule has 2 heterocycles. The Kier molecular flexibility index (Phi) is 5.24. The van der Waals surface area contributed by atoms with Crippen LogP contribution in [0.15, 0.2) is 22.0 Å². The number of fused-ring (bicyclic) bond motifs is 1. The molecule has 4 rings (SSSR count). The summed E-state index contributed by atoms with van der Waals surface area (Å²) in [7, 11) is 0. The second kappa shape index (κ2) is 7.40. The van der Waals surface area contributed by atoms with Gasteiger partial charge in [-0.3, -0.25) is 0 Å². The maximum absolute atomic E-state index is 14.2. The summed E-state index contributed by atoms with van der Waals surface area (Å²) < 4.78 is 59.1. The number of alkyl halides is 3. The van der Waals surface area contributed by atoms with E-state index in [0.29, 0.717) is 22.9 Å². The average molecular weight is 416 g/mol. The number of aliphatic imine (C=N–C) groups is 1. The lowest BCUT2D eigenvalue weighted by atomic mass is 9.95. The van der Waals surface area contributed by atoms with Gasteiger partial charge in [0.25, 0.3) is 0 Å². The standard InChI is InChI=1S/C19H24F4N4S/c1-10(2)24-13-5-6-27(16(9-13)19(21,22)23)14-7-12(20)8-15-17(14)25-18(26-28-15)11-3-4-11/h7-8,10-11,13,16,24H,3-6,9H2,1-2H3,(H,25,26)/t13-,16+/m1/s1. The monoisotopic (exact) mass is 416 g/mol. The molecule has 0 unspecified atom stereocenters. The van der Waals surface area contributed by atoms with Crippen molar-refractivity contribution in [3.05, 3.63) is 17.9 Å². The minimum Gasteiger partial charge on any atom is -0.358 e. The third-order valence-electron chi connectivity index (χ3n) is 5.34. The molecule has 0 radical (unpaired) electrons. The molecule has 2 aliphatic heterocycles. The lowest BCUT2D eigenvalue weighted by Crippen LogP contribution is -2.55. The molecule has 28 heavy (non-hydrogen) atoms. The fourth-order valence-electron chi connectivity index (χ4n) is 3.94. The molecule has 1 aromatic carbocycles. The first-order valence-corrected chi connectivity index (χ1v) is 10.5. The van der Waals surface area contributed by atoms with Crippen LogP contribution in [-0.4, -0.2) is 36.7 Å². The SMILES string of the molecule is CC(C)N[C@@H]1CCN(c2cc(F)cc3c2N=C(C2CC2)NS3)[C@H](C(F)(F)F)C1. The molecular formula is C19H24F4N4S. The summed E-state index contributed by atoms with van der Waals surface area (Å²) in [6.45, 7) is 4.06. The molecule has 4 nitrogen and oxygen atoms in total. The van der Waals surface area contributed by atoms with Crippen LogP contribution in [0.25, 0.3) is 0 Å². The molecule has 2 atom stereocenters. The summed E-state index contributed by atoms with van der Waals surface area (Å²) in [5, 5.41) is 3.22. The minimum absolute atomic E-state index is 0.0580. The van der Waals surface area contributed by atoms with E-state index in [9.17, 15) is 17.6 Å². The molecule has 0 aromatic heterocycles. The number of hydrogen-bond acceptors (Lipinski definition) is 5. The van der Waals surface area contributed by atoms with Gasteiger partial charge < -0.3 is 14.9 Å². The summed E-state index contributed by atoms with van der Waals surface area (Å²) >= 11 is 1.23. The molecule has 1 aliphatic carbocycles. The topological polar surface area (TPSA) is 39.7 Å². The van der Waals surface area contributed by atoms with Crippen LogP contribution in [0.2, 0.25) is 0 Å². The van der Waals surface area contributed by atoms with E-state index in [4.69, 9.17) is 0 Å². The van der Waals surface area contributed by atoms with Gasteiger partial charge in [-0.1, -0.05) is 13.8 Å². The van der Waals surface area contributed by atoms with E-state index in [1.165, 1.54) is 29.0 Å². The van der Waals surface area contributed by atoms with Gasteiger partial charge in [0.05, 0.1) is 10.6 Å². The predicted molar refractivity (Wildman–Crippen MR) is 104 cm³/mol. The van der Waals surface area contributed by atoms with Crippen LogP contribution in [0.1, 0.15) is 39.5 Å². The molecule has 0 bridgehead atoms. The van der Waals surface area contributed by atoms with Crippen molar-refractivity contribution >= 4 is 29.2 Å². The smallest absolute Gasteiger partial charge is 0.358 e. The molecule has 2 fully saturated rings. The molecule has 0 spiro atoms. The lowest BCUT2D eigenvalue weighted by molar-refractivity contribution is -0.154. The molecule has 2 N–H and O–H groups in total. The number of anilines is 1. The van der Waals surface area contributed by atoms with Gasteiger partial charge in [0.1, 0.15) is 23.4 Å². The summed E-state index contributed by atoms with van der Waals surface area (Å²) in [5.41, 5.74) is 0.698. The van der Waals surface area contributed by atoms with Gasteiger partial charge in [-0.15, -0.1) is 0 Å². The quantitative estimate of drug-likeness (QED) is 0.548. The van der Waals surface area contributed by atoms with Crippen LogP contribution in [0, 0.1) is 11.7 Å². The molecule has 0 amide bonds. The largest absolute Gasteiger partial charge is 0.408 e. The second-order valence-corrected chi connectivity index (χ2v) is 8.89. The zero-order valence-corrected chi connectivity index (χ0v) is 16.6. The minimum atomic E-state index is -4.40. The van der Waals surface area contributed by atoms with E-state index in [2.05, 4.69) is 15.0 Å². The van der Waals surface area contributed by atoms with Crippen LogP contribution in [0.3, 0.4) is 0 Å². The first-order chi connectivity index (χ1) is 13.2. The van der Waals surface area contributed by atoms with Gasteiger partial charge in [-0.25, -0.2) is 9.38 Å². The molecule has 1 aromatic rings. The summed E-state index contributed by atoms with van der Waals surface area (Å²) in [5.74, 6) is 0.569. The molecule has 3 aliphatic rings. The maximum Gasteiger partial charge on any atom is 0.408 e. The van der Waals surface area contributed by atoms with E-state index >= 15 is 0 Å². The number of nitrogens with one attached hydrogen (secondary N) is 2. The Morgan fingerprint density at radius 1 is 1.25 bits per heavy atom. The normalized spacial score (nSPS) is 25.4. The number of benzene rings is 1. The number of hydrogen-bond donors (Lipinski definition) is 2. The zero-order valence-electron chi connectivity index (χ0n) is 15.8. The van der Waals surface area contributed by atoms with Crippen molar-refractivity contribution < 1.29 is 17.6 Å². The van der Waals surface area contributed by atoms with Crippen LogP contribution >= 0.6 is 11.9 Å². The number of rotatable bonds is 4. The summed E-state index contributed by atoms with van der Waals surface area (Å²) in [6, 6.07) is 0.768. The third kappa shape index (κ3) is 4.10. The highest BCUT2D eigenvalue weighted by atomic mass is 32.2. The highest BCUT2D eigenvalue weighted by Crippen LogP contribution is 2.46. The Bertz CT molecular complexity index is 776. The zero-order chi connectivity index (χ0) is 20.1. The molecule has 9 heteroatoms. The Morgan fingerprint density at radius 2 is 2.00 bits per heavy atom. The van der Waals surface area contributed by atoms with Crippen molar-refractivity contribution in [2.75, 3.05) is 11.4 Å². The first kappa shape index (κ1) is 19.8. The Labute approximate surface area is 166 Å². The van der Waals surface area contributed by atoms with E-state index < -0.39 is 18.0 Å². The molecular weight excluding hydrogens is 392 g/mol. The van der Waals surface area contributed by atoms with E-state index in [1.807, 2.05) is 13.8 Å². The number of piperidine rings is 1. The van der Waals surface area contributed by atoms with Gasteiger partial charge >= 0.3 is 6.18 Å². The third-order valence-corrected chi connectivity index (χ3v) is 6.18. The van der Waals surface area contributed by atoms with Gasteiger partial charge in [-0.05, 0) is 49.8 Å². The van der Waals surface area contributed by atoms with Crippen molar-refractivity contribution in [2.24, 2.45) is 10.9 Å². The van der Waals surface area contributed by atoms with Crippen molar-refractivity contribution in [3.8, 4) is 0 Å². The number of nitrogens with zero attached hydrogens (tertiary/aromatic N) is 2. The second-order valence-electron chi connectivity index (χ2n) is 8.04. The summed E-state index contributed by atoms with van der Waals surface area (Å²) in [4.78, 5) is 6.44. The fraction of sp³-hybridized carbons (Fsp3) is 0.632. The van der Waals surface area contributed by atoms with Crippen LogP contribution in [0.5, 0.6) is 0 Å². The van der Waals surface area contributed by atoms with E-state index in [-0.39, 0.29) is 30.7 Å². The van der Waals surface area contributed by atoms with Gasteiger partial charge in [0, 0.05) is 24.5 Å². The average Bonchev–Trinajstić information content (AvgIpc) is 3.44. The van der Waals surface area contributed by atoms with Gasteiger partial charge in [0.15, 0.2) is 0 Å². The summed E-state index contributed by atoms with van der Waals surface area (Å²) in [6.07, 6.45) is -1.84. The van der Waals surface area contributed by atoms with Crippen molar-refractivity contribution in [1.82, 2.24) is 10.0 Å². The van der Waals surface area contributed by atoms with Crippen LogP contribution in [-0.2, 0) is 0 Å². The van der Waals surface area contributed by atoms with Crippen LogP contribution < -0.4 is 14.9 Å². The highest BCUT2D eigenvalue weighted by molar-refractivity contribution is 7.98. The number of halogens is 4. The van der Waals surface area contributed by atoms with Gasteiger partial charge in [0.2, 0.25) is 0 Å². The van der Waals surface area contributed by atoms with Crippen molar-refractivity contribution in [1.29, 1.82) is 0 Å². The molecule has 154 valence electrons. The van der Waals surface area contributed by atoms with Crippen molar-refractivity contribution in [3.63, 3.8) is 0 Å². The Balaban J connectivity index is 1.70. The highest BCUT2D eigenvalue weighted by Gasteiger charge is 2.48. The predicted octanol–water partition coefficient (Wildman–Crippen LogP) is 4.77. The van der Waals surface area contributed by atoms with Crippen molar-refractivity contribution in [2.45, 2.75) is 68.7 Å². The first-order valence-electron chi connectivity index (χ1n) is 9.66. The fourth-order valence-corrected chi connectivity index (χ4v) is 4.78. The van der Waals surface area contributed by atoms with E-state index in [0.717, 1.165) is 18.7 Å². The van der Waals surface area contributed by atoms with Gasteiger partial charge in [-0.2, -0.15) is 13.2 Å². The lowest BCUT2D eigenvalue weighted by Gasteiger charge is -2.43.